The third-order valence-corrected chi connectivity index (χ3v) is 7.07. The number of carbonyl (C=O) groups is 1. The van der Waals surface area contributed by atoms with Crippen molar-refractivity contribution in [2.45, 2.75) is 24.5 Å². The van der Waals surface area contributed by atoms with Crippen LogP contribution in [0.4, 0.5) is 18.9 Å². The van der Waals surface area contributed by atoms with Gasteiger partial charge in [0.2, 0.25) is 15.9 Å². The number of piperazine rings is 1. The zero-order valence-corrected chi connectivity index (χ0v) is 18.1. The maximum Gasteiger partial charge on any atom is 0.421 e. The molecule has 0 radical (unpaired) electrons. The lowest BCUT2D eigenvalue weighted by Gasteiger charge is -2.33. The quantitative estimate of drug-likeness (QED) is 0.693. The van der Waals surface area contributed by atoms with Crippen LogP contribution in [0.25, 0.3) is 0 Å². The minimum atomic E-state index is -4.83. The SMILES string of the molecule is CCN1CCN(S(=O)(=O)c2cccc(NC(=O)Cn3cccc(C(F)(F)F)c3=O)c2)CC1. The van der Waals surface area contributed by atoms with Crippen LogP contribution in [0.2, 0.25) is 0 Å². The summed E-state index contributed by atoms with van der Waals surface area (Å²) in [5, 5.41) is 2.44. The van der Waals surface area contributed by atoms with E-state index in [2.05, 4.69) is 10.2 Å². The first-order valence-electron chi connectivity index (χ1n) is 9.91. The van der Waals surface area contributed by atoms with E-state index in [0.717, 1.165) is 18.8 Å². The summed E-state index contributed by atoms with van der Waals surface area (Å²) in [5.41, 5.74) is -2.55. The van der Waals surface area contributed by atoms with Crippen molar-refractivity contribution < 1.29 is 26.4 Å². The van der Waals surface area contributed by atoms with Crippen molar-refractivity contribution in [3.05, 3.63) is 58.5 Å². The average molecular weight is 472 g/mol. The monoisotopic (exact) mass is 472 g/mol. The highest BCUT2D eigenvalue weighted by molar-refractivity contribution is 7.89. The third-order valence-electron chi connectivity index (χ3n) is 5.17. The number of hydrogen-bond donors (Lipinski definition) is 1. The Balaban J connectivity index is 1.73. The lowest BCUT2D eigenvalue weighted by Crippen LogP contribution is -2.48. The van der Waals surface area contributed by atoms with Crippen molar-refractivity contribution in [1.82, 2.24) is 13.8 Å². The van der Waals surface area contributed by atoms with Crippen molar-refractivity contribution >= 4 is 21.6 Å². The molecule has 1 amide bonds. The van der Waals surface area contributed by atoms with Gasteiger partial charge < -0.3 is 14.8 Å². The summed E-state index contributed by atoms with van der Waals surface area (Å²) >= 11 is 0. The largest absolute Gasteiger partial charge is 0.421 e. The number of sulfonamides is 1. The molecule has 1 aromatic carbocycles. The molecule has 174 valence electrons. The van der Waals surface area contributed by atoms with Crippen LogP contribution in [-0.4, -0.2) is 60.8 Å². The molecule has 1 aliphatic heterocycles. The number of anilines is 1. The number of rotatable bonds is 6. The van der Waals surface area contributed by atoms with Gasteiger partial charge in [0.1, 0.15) is 12.1 Å². The minimum Gasteiger partial charge on any atom is -0.324 e. The van der Waals surface area contributed by atoms with Gasteiger partial charge in [-0.15, -0.1) is 0 Å². The second kappa shape index (κ2) is 9.43. The van der Waals surface area contributed by atoms with E-state index in [1.165, 1.54) is 28.6 Å². The second-order valence-electron chi connectivity index (χ2n) is 7.27. The Morgan fingerprint density at radius 3 is 2.41 bits per heavy atom. The molecule has 2 heterocycles. The van der Waals surface area contributed by atoms with E-state index < -0.39 is 39.8 Å². The standard InChI is InChI=1S/C20H23F3N4O4S/c1-2-25-9-11-27(12-10-25)32(30,31)16-6-3-5-15(13-16)24-18(28)14-26-8-4-7-17(19(26)29)20(21,22)23/h3-8,13H,2,9-12,14H2,1H3,(H,24,28). The first-order chi connectivity index (χ1) is 15.0. The molecule has 0 spiro atoms. The lowest BCUT2D eigenvalue weighted by atomic mass is 10.2. The number of nitrogens with zero attached hydrogens (tertiary/aromatic N) is 3. The van der Waals surface area contributed by atoms with E-state index in [0.29, 0.717) is 36.8 Å². The highest BCUT2D eigenvalue weighted by Gasteiger charge is 2.34. The number of amides is 1. The normalized spacial score (nSPS) is 16.1. The fourth-order valence-electron chi connectivity index (χ4n) is 3.40. The van der Waals surface area contributed by atoms with Crippen molar-refractivity contribution in [2.75, 3.05) is 38.0 Å². The fourth-order valence-corrected chi connectivity index (χ4v) is 4.87. The van der Waals surface area contributed by atoms with E-state index in [1.807, 2.05) is 6.92 Å². The van der Waals surface area contributed by atoms with Crippen LogP contribution in [0.5, 0.6) is 0 Å². The van der Waals surface area contributed by atoms with Crippen LogP contribution in [-0.2, 0) is 27.5 Å². The highest BCUT2D eigenvalue weighted by Crippen LogP contribution is 2.26. The van der Waals surface area contributed by atoms with E-state index >= 15 is 0 Å². The molecule has 2 aromatic rings. The fraction of sp³-hybridized carbons (Fsp3) is 0.400. The molecule has 0 bridgehead atoms. The number of halogens is 3. The van der Waals surface area contributed by atoms with E-state index in [4.69, 9.17) is 0 Å². The molecule has 0 saturated carbocycles. The lowest BCUT2D eigenvalue weighted by molar-refractivity contribution is -0.139. The molecular formula is C20H23F3N4O4S. The molecule has 1 N–H and O–H groups in total. The van der Waals surface area contributed by atoms with Crippen molar-refractivity contribution in [2.24, 2.45) is 0 Å². The number of likely N-dealkylation sites (N-methyl/N-ethyl adjacent to an activating group) is 1. The summed E-state index contributed by atoms with van der Waals surface area (Å²) in [5.74, 6) is -0.766. The number of hydrogen-bond acceptors (Lipinski definition) is 5. The molecule has 12 heteroatoms. The molecule has 1 saturated heterocycles. The van der Waals surface area contributed by atoms with Gasteiger partial charge in [-0.05, 0) is 36.9 Å². The zero-order valence-electron chi connectivity index (χ0n) is 17.3. The molecule has 1 aliphatic rings. The average Bonchev–Trinajstić information content (AvgIpc) is 2.74. The number of alkyl halides is 3. The number of pyridine rings is 1. The smallest absolute Gasteiger partial charge is 0.324 e. The molecule has 3 rings (SSSR count). The summed E-state index contributed by atoms with van der Waals surface area (Å²) in [4.78, 5) is 26.4. The molecular weight excluding hydrogens is 449 g/mol. The summed E-state index contributed by atoms with van der Waals surface area (Å²) < 4.78 is 66.5. The number of carbonyl (C=O) groups excluding carboxylic acids is 1. The van der Waals surface area contributed by atoms with Crippen molar-refractivity contribution in [1.29, 1.82) is 0 Å². The maximum atomic E-state index is 12.9. The van der Waals surface area contributed by atoms with Gasteiger partial charge in [0.15, 0.2) is 0 Å². The van der Waals surface area contributed by atoms with Crippen molar-refractivity contribution in [3.8, 4) is 0 Å². The van der Waals surface area contributed by atoms with Crippen LogP contribution in [0, 0.1) is 0 Å². The zero-order chi connectivity index (χ0) is 23.5. The Morgan fingerprint density at radius 2 is 1.78 bits per heavy atom. The Hall–Kier alpha value is -2.70. The van der Waals surface area contributed by atoms with E-state index in [-0.39, 0.29) is 10.6 Å². The van der Waals surface area contributed by atoms with Gasteiger partial charge in [0.25, 0.3) is 5.56 Å². The molecule has 8 nitrogen and oxygen atoms in total. The van der Waals surface area contributed by atoms with Crippen LogP contribution in [0.15, 0.2) is 52.3 Å². The van der Waals surface area contributed by atoms with E-state index in [1.54, 1.807) is 0 Å². The predicted molar refractivity (Wildman–Crippen MR) is 112 cm³/mol. The van der Waals surface area contributed by atoms with Gasteiger partial charge in [-0.2, -0.15) is 17.5 Å². The third kappa shape index (κ3) is 5.37. The van der Waals surface area contributed by atoms with Crippen LogP contribution < -0.4 is 10.9 Å². The summed E-state index contributed by atoms with van der Waals surface area (Å²) in [7, 11) is -3.76. The number of benzene rings is 1. The van der Waals surface area contributed by atoms with Crippen molar-refractivity contribution in [3.63, 3.8) is 0 Å². The van der Waals surface area contributed by atoms with Gasteiger partial charge >= 0.3 is 6.18 Å². The number of nitrogens with one attached hydrogen (secondary N) is 1. The first-order valence-corrected chi connectivity index (χ1v) is 11.4. The van der Waals surface area contributed by atoms with Gasteiger partial charge in [0.05, 0.1) is 4.90 Å². The topological polar surface area (TPSA) is 91.7 Å². The second-order valence-corrected chi connectivity index (χ2v) is 9.20. The molecule has 32 heavy (non-hydrogen) atoms. The minimum absolute atomic E-state index is 0.00326. The van der Waals surface area contributed by atoms with Gasteiger partial charge in [0, 0.05) is 38.1 Å². The molecule has 0 aliphatic carbocycles. The Morgan fingerprint density at radius 1 is 1.09 bits per heavy atom. The highest BCUT2D eigenvalue weighted by atomic mass is 32.2. The Bertz CT molecular complexity index is 1140. The first kappa shape index (κ1) is 24.0. The Kier molecular flexibility index (Phi) is 7.06. The van der Waals surface area contributed by atoms with Gasteiger partial charge in [-0.25, -0.2) is 8.42 Å². The Labute approximate surface area is 183 Å². The molecule has 1 aromatic heterocycles. The van der Waals surface area contributed by atoms with Gasteiger partial charge in [-0.3, -0.25) is 9.59 Å². The molecule has 0 unspecified atom stereocenters. The van der Waals surface area contributed by atoms with Gasteiger partial charge in [-0.1, -0.05) is 13.0 Å². The molecule has 1 fully saturated rings. The van der Waals surface area contributed by atoms with Crippen LogP contribution >= 0.6 is 0 Å². The van der Waals surface area contributed by atoms with Crippen LogP contribution in [0.3, 0.4) is 0 Å². The predicted octanol–water partition coefficient (Wildman–Crippen LogP) is 1.83. The summed E-state index contributed by atoms with van der Waals surface area (Å²) in [6.07, 6.45) is -3.75. The summed E-state index contributed by atoms with van der Waals surface area (Å²) in [6.45, 7) is 4.14. The number of aromatic nitrogens is 1. The maximum absolute atomic E-state index is 12.9. The summed E-state index contributed by atoms with van der Waals surface area (Å²) in [6, 6.07) is 7.29. The van der Waals surface area contributed by atoms with Crippen LogP contribution in [0.1, 0.15) is 12.5 Å². The molecule has 0 atom stereocenters. The van der Waals surface area contributed by atoms with E-state index in [9.17, 15) is 31.2 Å².